The number of anilines is 1. The van der Waals surface area contributed by atoms with Gasteiger partial charge in [0.2, 0.25) is 0 Å². The number of nitrogens with one attached hydrogen (secondary N) is 1. The number of carbonyl (C=O) groups is 1. The Morgan fingerprint density at radius 3 is 2.02 bits per heavy atom. The molecule has 0 bridgehead atoms. The molecule has 6 rings (SSSR count). The van der Waals surface area contributed by atoms with Gasteiger partial charge in [0.15, 0.2) is 5.82 Å². The largest absolute Gasteiger partial charge is 0.497 e. The number of aromatic nitrogens is 2. The highest BCUT2D eigenvalue weighted by atomic mass is 79.9. The first-order valence-corrected chi connectivity index (χ1v) is 22.0. The van der Waals surface area contributed by atoms with Crippen LogP contribution in [0.4, 0.5) is 5.82 Å². The average molecular weight is 913 g/mol. The number of carbonyl (C=O) groups excluding carboxylic acids is 1. The number of nitrogens with zero attached hydrogens (tertiary/aromatic N) is 4. The summed E-state index contributed by atoms with van der Waals surface area (Å²) in [6.07, 6.45) is -0.255. The molecule has 13 nitrogen and oxygen atoms in total. The molecule has 0 saturated carbocycles. The summed E-state index contributed by atoms with van der Waals surface area (Å²) < 4.78 is 42.4. The smallest absolute Gasteiger partial charge is 0.351 e. The molecule has 1 amide bonds. The summed E-state index contributed by atoms with van der Waals surface area (Å²) in [7, 11) is 1.54. The maximum absolute atomic E-state index is 13.8. The minimum atomic E-state index is -1.71. The summed E-state index contributed by atoms with van der Waals surface area (Å²) in [5, 5.41) is 12.1. The van der Waals surface area contributed by atoms with Gasteiger partial charge in [0.1, 0.15) is 29.4 Å². The van der Waals surface area contributed by atoms with Crippen molar-refractivity contribution in [1.82, 2.24) is 14.2 Å². The van der Waals surface area contributed by atoms with Crippen LogP contribution in [0.2, 0.25) is 0 Å². The first-order chi connectivity index (χ1) is 29.5. The zero-order valence-electron chi connectivity index (χ0n) is 35.1. The molecule has 0 radical (unpaired) electrons. The molecule has 2 heterocycles. The van der Waals surface area contributed by atoms with Crippen LogP contribution < -0.4 is 20.5 Å². The van der Waals surface area contributed by atoms with Gasteiger partial charge in [-0.2, -0.15) is 10.2 Å². The number of benzene rings is 4. The summed E-state index contributed by atoms with van der Waals surface area (Å²) >= 11 is 3.52. The molecule has 1 aromatic heterocycles. The van der Waals surface area contributed by atoms with Crippen molar-refractivity contribution in [2.75, 3.05) is 32.8 Å². The fraction of sp³-hybridized carbons (Fsp3) is 0.348. The molecule has 0 aliphatic carbocycles. The molecule has 1 saturated heterocycles. The highest BCUT2D eigenvalue weighted by Gasteiger charge is 2.45. The molecule has 15 heteroatoms. The van der Waals surface area contributed by atoms with Crippen LogP contribution in [0.15, 0.2) is 125 Å². The van der Waals surface area contributed by atoms with Gasteiger partial charge in [0.05, 0.1) is 50.5 Å². The summed E-state index contributed by atoms with van der Waals surface area (Å²) in [6, 6.07) is 36.4. The van der Waals surface area contributed by atoms with Crippen LogP contribution in [0.25, 0.3) is 0 Å². The number of hydrogen-bond acceptors (Lipinski definition) is 11. The van der Waals surface area contributed by atoms with Gasteiger partial charge in [0.25, 0.3) is 14.4 Å². The van der Waals surface area contributed by atoms with Crippen molar-refractivity contribution >= 4 is 36.2 Å². The number of nitriles is 1. The molecule has 1 aliphatic heterocycles. The summed E-state index contributed by atoms with van der Waals surface area (Å²) in [5.41, 5.74) is 1.16. The lowest BCUT2D eigenvalue weighted by Crippen LogP contribution is -2.39. The van der Waals surface area contributed by atoms with E-state index in [1.54, 1.807) is 44.7 Å². The molecule has 4 aromatic carbocycles. The molecular formula is C46H51BrN5O8P. The Labute approximate surface area is 366 Å². The molecule has 320 valence electrons. The van der Waals surface area contributed by atoms with E-state index < -0.39 is 44.2 Å². The van der Waals surface area contributed by atoms with Crippen LogP contribution in [0.5, 0.6) is 11.5 Å². The highest BCUT2D eigenvalue weighted by Crippen LogP contribution is 2.51. The van der Waals surface area contributed by atoms with E-state index in [0.29, 0.717) is 21.5 Å². The number of methoxy groups -OCH3 is 2. The lowest BCUT2D eigenvalue weighted by molar-refractivity contribution is -0.0925. The second-order valence-electron chi connectivity index (χ2n) is 14.8. The number of hydrogen-bond donors (Lipinski definition) is 1. The van der Waals surface area contributed by atoms with Gasteiger partial charge in [0, 0.05) is 30.3 Å². The monoisotopic (exact) mass is 911 g/mol. The lowest BCUT2D eigenvalue weighted by atomic mass is 9.80. The van der Waals surface area contributed by atoms with Crippen LogP contribution in [0.1, 0.15) is 73.8 Å². The number of halogens is 1. The lowest BCUT2D eigenvalue weighted by Gasteiger charge is -2.39. The maximum atomic E-state index is 13.8. The molecule has 4 unspecified atom stereocenters. The first-order valence-electron chi connectivity index (χ1n) is 20.0. The predicted octanol–water partition coefficient (Wildman–Crippen LogP) is 9.23. The van der Waals surface area contributed by atoms with E-state index >= 15 is 0 Å². The number of amides is 1. The third-order valence-corrected chi connectivity index (χ3v) is 12.9. The van der Waals surface area contributed by atoms with Crippen LogP contribution in [-0.4, -0.2) is 71.9 Å². The minimum Gasteiger partial charge on any atom is -0.497 e. The van der Waals surface area contributed by atoms with Gasteiger partial charge in [-0.15, -0.1) is 0 Å². The number of ether oxygens (including phenoxy) is 4. The van der Waals surface area contributed by atoms with Gasteiger partial charge in [-0.25, -0.2) is 9.46 Å². The van der Waals surface area contributed by atoms with Gasteiger partial charge in [-0.1, -0.05) is 72.8 Å². The van der Waals surface area contributed by atoms with E-state index in [-0.39, 0.29) is 44.0 Å². The minimum absolute atomic E-state index is 0.00735. The zero-order valence-corrected chi connectivity index (χ0v) is 37.5. The van der Waals surface area contributed by atoms with E-state index in [0.717, 1.165) is 16.7 Å². The third kappa shape index (κ3) is 10.7. The molecule has 1 N–H and O–H groups in total. The van der Waals surface area contributed by atoms with E-state index in [1.165, 1.54) is 4.57 Å². The van der Waals surface area contributed by atoms with E-state index in [4.69, 9.17) is 28.0 Å². The molecule has 5 aromatic rings. The van der Waals surface area contributed by atoms with E-state index in [2.05, 4.69) is 64.7 Å². The van der Waals surface area contributed by atoms with Crippen LogP contribution in [0.3, 0.4) is 0 Å². The second-order valence-corrected chi connectivity index (χ2v) is 17.1. The van der Waals surface area contributed by atoms with Gasteiger partial charge in [-0.3, -0.25) is 9.36 Å². The molecular weight excluding hydrogens is 861 g/mol. The molecule has 0 spiro atoms. The SMILES string of the molecule is COc1ccc(C(OCC2OC(n3cc(Br)c(NC(=O)c4ccccc4)nc3=O)CC2OP(OCCC#N)N(C(C)C)C(C)C)(c2ccccc2)c2ccc(OC)cc2)cc1. The summed E-state index contributed by atoms with van der Waals surface area (Å²) in [4.78, 5) is 31.1. The Morgan fingerprint density at radius 1 is 0.918 bits per heavy atom. The summed E-state index contributed by atoms with van der Waals surface area (Å²) in [5.74, 6) is 1.05. The zero-order chi connectivity index (χ0) is 43.5. The van der Waals surface area contributed by atoms with Crippen molar-refractivity contribution in [1.29, 1.82) is 5.26 Å². The standard InChI is InChI=1S/C46H51BrN5O8P/c1-31(2)52(32(3)4)61(58-27-13-26-48)60-40-28-42(51-29-39(47)43(50-45(51)54)49-44(53)33-14-9-7-10-15-33)59-41(40)30-57-46(34-16-11-8-12-17-34,35-18-22-37(55-5)23-19-35)36-20-24-38(56-6)25-21-36/h7-12,14-25,29,31-32,40-42H,13,27-28,30H2,1-6H3,(H,49,50,53,54). The number of rotatable bonds is 19. The van der Waals surface area contributed by atoms with Crippen LogP contribution >= 0.6 is 24.5 Å². The second kappa shape index (κ2) is 21.2. The normalized spacial score (nSPS) is 17.0. The molecule has 1 aliphatic rings. The first kappa shape index (κ1) is 45.6. The van der Waals surface area contributed by atoms with Gasteiger partial charge < -0.3 is 33.3 Å². The fourth-order valence-electron chi connectivity index (χ4n) is 7.33. The van der Waals surface area contributed by atoms with E-state index in [1.807, 2.05) is 84.9 Å². The Kier molecular flexibility index (Phi) is 15.8. The molecule has 4 atom stereocenters. The third-order valence-electron chi connectivity index (χ3n) is 10.2. The van der Waals surface area contributed by atoms with Crippen LogP contribution in [-0.2, 0) is 24.1 Å². The van der Waals surface area contributed by atoms with Crippen molar-refractivity contribution in [2.24, 2.45) is 0 Å². The fourth-order valence-corrected chi connectivity index (χ4v) is 9.50. The molecule has 1 fully saturated rings. The molecule has 61 heavy (non-hydrogen) atoms. The topological polar surface area (TPSA) is 146 Å². The Balaban J connectivity index is 1.41. The Bertz CT molecular complexity index is 2240. The maximum Gasteiger partial charge on any atom is 0.351 e. The van der Waals surface area contributed by atoms with Crippen molar-refractivity contribution in [3.05, 3.63) is 153 Å². The summed E-state index contributed by atoms with van der Waals surface area (Å²) in [6.45, 7) is 8.46. The van der Waals surface area contributed by atoms with Crippen LogP contribution in [0, 0.1) is 11.3 Å². The van der Waals surface area contributed by atoms with Gasteiger partial charge in [-0.05, 0) is 96.7 Å². The van der Waals surface area contributed by atoms with Crippen molar-refractivity contribution in [3.63, 3.8) is 0 Å². The highest BCUT2D eigenvalue weighted by molar-refractivity contribution is 9.10. The Hall–Kier alpha value is -4.97. The quantitative estimate of drug-likeness (QED) is 0.0481. The van der Waals surface area contributed by atoms with E-state index in [9.17, 15) is 14.9 Å². The Morgan fingerprint density at radius 2 is 1.48 bits per heavy atom. The van der Waals surface area contributed by atoms with Crippen molar-refractivity contribution in [2.45, 2.75) is 76.7 Å². The van der Waals surface area contributed by atoms with Crippen molar-refractivity contribution in [3.8, 4) is 17.6 Å². The predicted molar refractivity (Wildman–Crippen MR) is 237 cm³/mol. The van der Waals surface area contributed by atoms with Gasteiger partial charge >= 0.3 is 5.69 Å². The average Bonchev–Trinajstić information content (AvgIpc) is 3.67. The van der Waals surface area contributed by atoms with Crippen molar-refractivity contribution < 1.29 is 32.8 Å².